The molecule has 4 aromatic rings. The fourth-order valence-corrected chi connectivity index (χ4v) is 4.85. The lowest BCUT2D eigenvalue weighted by Gasteiger charge is -2.24. The number of hydrogen-bond donors (Lipinski definition) is 1. The Morgan fingerprint density at radius 3 is 2.05 bits per heavy atom. The number of aryl methyl sites for hydroxylation is 1. The van der Waals surface area contributed by atoms with Gasteiger partial charge in [-0.3, -0.25) is 4.79 Å². The summed E-state index contributed by atoms with van der Waals surface area (Å²) in [6.45, 7) is 0.879. The molecular weight excluding hydrogens is 570 g/mol. The molecule has 224 valence electrons. The first kappa shape index (κ1) is 31.3. The van der Waals surface area contributed by atoms with Gasteiger partial charge in [-0.2, -0.15) is 0 Å². The third kappa shape index (κ3) is 8.20. The number of ether oxygens (including phenoxy) is 4. The number of carbonyl (C=O) groups excluding carboxylic acids is 1. The number of amides is 1. The van der Waals surface area contributed by atoms with E-state index >= 15 is 0 Å². The van der Waals surface area contributed by atoms with E-state index in [0.29, 0.717) is 46.7 Å². The van der Waals surface area contributed by atoms with Gasteiger partial charge in [-0.05, 0) is 66.8 Å². The maximum atomic E-state index is 13.9. The molecule has 0 radical (unpaired) electrons. The van der Waals surface area contributed by atoms with Crippen molar-refractivity contribution in [3.8, 4) is 28.7 Å². The summed E-state index contributed by atoms with van der Waals surface area (Å²) in [7, 11) is 4.54. The third-order valence-electron chi connectivity index (χ3n) is 6.88. The van der Waals surface area contributed by atoms with Crippen LogP contribution < -0.4 is 18.9 Å². The van der Waals surface area contributed by atoms with Crippen LogP contribution in [0.2, 0.25) is 5.02 Å². The molecule has 0 aliphatic heterocycles. The minimum Gasteiger partial charge on any atom is -0.493 e. The Labute approximate surface area is 256 Å². The van der Waals surface area contributed by atoms with Crippen molar-refractivity contribution in [2.24, 2.45) is 0 Å². The summed E-state index contributed by atoms with van der Waals surface area (Å²) < 4.78 is 22.2. The lowest BCUT2D eigenvalue weighted by Crippen LogP contribution is -2.31. The van der Waals surface area contributed by atoms with Crippen molar-refractivity contribution in [1.82, 2.24) is 4.90 Å². The third-order valence-corrected chi connectivity index (χ3v) is 7.12. The first-order valence-electron chi connectivity index (χ1n) is 13.8. The van der Waals surface area contributed by atoms with E-state index in [-0.39, 0.29) is 17.2 Å². The van der Waals surface area contributed by atoms with Gasteiger partial charge < -0.3 is 29.0 Å². The maximum absolute atomic E-state index is 13.9. The summed E-state index contributed by atoms with van der Waals surface area (Å²) in [4.78, 5) is 27.3. The Kier molecular flexibility index (Phi) is 10.9. The fraction of sp³-hybridized carbons (Fsp3) is 0.235. The number of rotatable bonds is 14. The molecule has 0 atom stereocenters. The number of carbonyl (C=O) groups is 2. The minimum absolute atomic E-state index is 0.00565. The van der Waals surface area contributed by atoms with Crippen molar-refractivity contribution in [2.75, 3.05) is 27.9 Å². The summed E-state index contributed by atoms with van der Waals surface area (Å²) in [5, 5.41) is 9.85. The molecule has 1 N–H and O–H groups in total. The molecule has 0 spiro atoms. The van der Waals surface area contributed by atoms with E-state index in [1.807, 2.05) is 30.3 Å². The SMILES string of the molecule is COc1cc(C(=O)N(CCCCc2ccccc2)Cc2ccc(Oc3cc(Cl)ccc3C(=O)O)cc2)cc(OC)c1OC. The number of aromatic carboxylic acids is 1. The monoisotopic (exact) mass is 603 g/mol. The topological polar surface area (TPSA) is 94.5 Å². The smallest absolute Gasteiger partial charge is 0.339 e. The molecule has 43 heavy (non-hydrogen) atoms. The van der Waals surface area contributed by atoms with Gasteiger partial charge in [0.05, 0.1) is 21.3 Å². The largest absolute Gasteiger partial charge is 0.493 e. The molecule has 4 rings (SSSR count). The highest BCUT2D eigenvalue weighted by Gasteiger charge is 2.22. The fourth-order valence-electron chi connectivity index (χ4n) is 4.68. The molecule has 0 saturated heterocycles. The van der Waals surface area contributed by atoms with Gasteiger partial charge in [0.25, 0.3) is 5.91 Å². The van der Waals surface area contributed by atoms with E-state index < -0.39 is 5.97 Å². The summed E-state index contributed by atoms with van der Waals surface area (Å²) in [6.07, 6.45) is 2.64. The van der Waals surface area contributed by atoms with Gasteiger partial charge in [-0.25, -0.2) is 4.79 Å². The second-order valence-electron chi connectivity index (χ2n) is 9.78. The standard InChI is InChI=1S/C34H34ClNO7/c1-40-30-19-25(20-31(41-2)32(30)42-3)33(37)36(18-8-7-11-23-9-5-4-6-10-23)22-24-12-15-27(16-13-24)43-29-21-26(35)14-17-28(29)34(38)39/h4-6,9-10,12-17,19-21H,7-8,11,18,22H2,1-3H3,(H,38,39). The number of nitrogens with zero attached hydrogens (tertiary/aromatic N) is 1. The predicted octanol–water partition coefficient (Wildman–Crippen LogP) is 7.52. The molecule has 4 aromatic carbocycles. The van der Waals surface area contributed by atoms with Crippen LogP contribution in [0.25, 0.3) is 0 Å². The van der Waals surface area contributed by atoms with Crippen molar-refractivity contribution < 1.29 is 33.6 Å². The highest BCUT2D eigenvalue weighted by Crippen LogP contribution is 2.38. The Morgan fingerprint density at radius 1 is 0.767 bits per heavy atom. The van der Waals surface area contributed by atoms with Crippen LogP contribution >= 0.6 is 11.6 Å². The molecule has 0 heterocycles. The van der Waals surface area contributed by atoms with E-state index in [9.17, 15) is 14.7 Å². The van der Waals surface area contributed by atoms with Gasteiger partial charge in [0.2, 0.25) is 5.75 Å². The van der Waals surface area contributed by atoms with Crippen LogP contribution in [0.5, 0.6) is 28.7 Å². The van der Waals surface area contributed by atoms with E-state index in [1.54, 1.807) is 29.2 Å². The number of carboxylic acid groups (broad SMARTS) is 1. The average Bonchev–Trinajstić information content (AvgIpc) is 3.02. The van der Waals surface area contributed by atoms with Gasteiger partial charge in [0, 0.05) is 29.7 Å². The Bertz CT molecular complexity index is 1520. The van der Waals surface area contributed by atoms with E-state index in [0.717, 1.165) is 24.8 Å². The van der Waals surface area contributed by atoms with Crippen LogP contribution in [0.3, 0.4) is 0 Å². The Morgan fingerprint density at radius 2 is 1.44 bits per heavy atom. The van der Waals surface area contributed by atoms with Crippen LogP contribution in [-0.2, 0) is 13.0 Å². The number of halogens is 1. The molecule has 9 heteroatoms. The molecule has 8 nitrogen and oxygen atoms in total. The second kappa shape index (κ2) is 15.0. The number of benzene rings is 4. The van der Waals surface area contributed by atoms with Gasteiger partial charge >= 0.3 is 5.97 Å². The Hall–Kier alpha value is -4.69. The molecule has 0 fully saturated rings. The zero-order valence-electron chi connectivity index (χ0n) is 24.3. The minimum atomic E-state index is -1.11. The summed E-state index contributed by atoms with van der Waals surface area (Å²) >= 11 is 6.06. The van der Waals surface area contributed by atoms with Crippen molar-refractivity contribution >= 4 is 23.5 Å². The van der Waals surface area contributed by atoms with Gasteiger partial charge in [0.1, 0.15) is 17.1 Å². The summed E-state index contributed by atoms with van der Waals surface area (Å²) in [5.41, 5.74) is 2.55. The maximum Gasteiger partial charge on any atom is 0.339 e. The first-order chi connectivity index (χ1) is 20.8. The molecule has 0 aliphatic carbocycles. The average molecular weight is 604 g/mol. The molecule has 0 bridgehead atoms. The lowest BCUT2D eigenvalue weighted by molar-refractivity contribution is 0.0692. The molecule has 1 amide bonds. The van der Waals surface area contributed by atoms with Crippen molar-refractivity contribution in [1.29, 1.82) is 0 Å². The first-order valence-corrected chi connectivity index (χ1v) is 14.1. The van der Waals surface area contributed by atoms with Gasteiger partial charge in [-0.15, -0.1) is 0 Å². The number of hydrogen-bond acceptors (Lipinski definition) is 6. The van der Waals surface area contributed by atoms with Gasteiger partial charge in [0.15, 0.2) is 11.5 Å². The summed E-state index contributed by atoms with van der Waals surface area (Å²) in [5.74, 6) is 0.511. The predicted molar refractivity (Wildman–Crippen MR) is 165 cm³/mol. The molecule has 0 aromatic heterocycles. The Balaban J connectivity index is 1.54. The van der Waals surface area contributed by atoms with Crippen molar-refractivity contribution in [2.45, 2.75) is 25.8 Å². The number of unbranched alkanes of at least 4 members (excludes halogenated alkanes) is 1. The van der Waals surface area contributed by atoms with Crippen LogP contribution in [0.4, 0.5) is 0 Å². The zero-order valence-corrected chi connectivity index (χ0v) is 25.1. The van der Waals surface area contributed by atoms with E-state index in [2.05, 4.69) is 12.1 Å². The zero-order chi connectivity index (χ0) is 30.8. The molecule has 0 saturated carbocycles. The van der Waals surface area contributed by atoms with Crippen molar-refractivity contribution in [3.63, 3.8) is 0 Å². The molecule has 0 unspecified atom stereocenters. The summed E-state index contributed by atoms with van der Waals surface area (Å²) in [6, 6.07) is 25.1. The quantitative estimate of drug-likeness (QED) is 0.149. The molecule has 0 aliphatic rings. The van der Waals surface area contributed by atoms with Gasteiger partial charge in [-0.1, -0.05) is 54.1 Å². The highest BCUT2D eigenvalue weighted by molar-refractivity contribution is 6.30. The normalized spacial score (nSPS) is 10.6. The lowest BCUT2D eigenvalue weighted by atomic mass is 10.1. The molecular formula is C34H34ClNO7. The van der Waals surface area contributed by atoms with Crippen molar-refractivity contribution in [3.05, 3.63) is 112 Å². The van der Waals surface area contributed by atoms with Crippen LogP contribution in [0, 0.1) is 0 Å². The van der Waals surface area contributed by atoms with Crippen LogP contribution in [0.15, 0.2) is 84.9 Å². The number of carboxylic acids is 1. The van der Waals surface area contributed by atoms with Crippen LogP contribution in [-0.4, -0.2) is 49.8 Å². The second-order valence-corrected chi connectivity index (χ2v) is 10.2. The van der Waals surface area contributed by atoms with Crippen LogP contribution in [0.1, 0.15) is 44.7 Å². The number of methoxy groups -OCH3 is 3. The van der Waals surface area contributed by atoms with E-state index in [1.165, 1.54) is 45.1 Å². The highest BCUT2D eigenvalue weighted by atomic mass is 35.5. The van der Waals surface area contributed by atoms with E-state index in [4.69, 9.17) is 30.5 Å².